The molecule has 17 heavy (non-hydrogen) atoms. The zero-order valence-electron chi connectivity index (χ0n) is 9.77. The number of aromatic nitrogens is 2. The molecule has 90 valence electrons. The van der Waals surface area contributed by atoms with Gasteiger partial charge < -0.3 is 10.5 Å². The van der Waals surface area contributed by atoms with E-state index in [4.69, 9.17) is 22.1 Å². The summed E-state index contributed by atoms with van der Waals surface area (Å²) < 4.78 is 7.05. The Morgan fingerprint density at radius 2 is 2.24 bits per heavy atom. The summed E-state index contributed by atoms with van der Waals surface area (Å²) in [5.41, 5.74) is 7.62. The summed E-state index contributed by atoms with van der Waals surface area (Å²) in [4.78, 5) is 0. The smallest absolute Gasteiger partial charge is 0.153 e. The first-order chi connectivity index (χ1) is 8.11. The molecule has 0 amide bonds. The highest BCUT2D eigenvalue weighted by Gasteiger charge is 2.09. The largest absolute Gasteiger partial charge is 0.492 e. The van der Waals surface area contributed by atoms with Gasteiger partial charge in [-0.25, -0.2) is 0 Å². The van der Waals surface area contributed by atoms with Crippen molar-refractivity contribution in [2.45, 2.75) is 6.92 Å². The highest BCUT2D eigenvalue weighted by molar-refractivity contribution is 6.32. The fourth-order valence-corrected chi connectivity index (χ4v) is 1.90. The third kappa shape index (κ3) is 2.36. The second-order valence-corrected chi connectivity index (χ2v) is 4.09. The Bertz CT molecular complexity index is 537. The third-order valence-corrected chi connectivity index (χ3v) is 2.70. The molecule has 0 bridgehead atoms. The number of anilines is 1. The van der Waals surface area contributed by atoms with E-state index in [0.717, 1.165) is 11.1 Å². The van der Waals surface area contributed by atoms with E-state index in [2.05, 4.69) is 5.10 Å². The number of nitrogens with two attached hydrogens (primary N) is 1. The van der Waals surface area contributed by atoms with Gasteiger partial charge in [0.25, 0.3) is 0 Å². The van der Waals surface area contributed by atoms with Crippen molar-refractivity contribution in [2.24, 2.45) is 7.05 Å². The van der Waals surface area contributed by atoms with E-state index < -0.39 is 0 Å². The molecule has 1 heterocycles. The average Bonchev–Trinajstić information content (AvgIpc) is 2.61. The molecule has 0 radical (unpaired) electrons. The number of benzene rings is 1. The van der Waals surface area contributed by atoms with E-state index in [1.807, 2.05) is 38.4 Å². The van der Waals surface area contributed by atoms with Gasteiger partial charge in [0.2, 0.25) is 0 Å². The van der Waals surface area contributed by atoms with Crippen LogP contribution in [0, 0.1) is 0 Å². The molecule has 0 unspecified atom stereocenters. The van der Waals surface area contributed by atoms with E-state index in [1.165, 1.54) is 0 Å². The van der Waals surface area contributed by atoms with Crippen molar-refractivity contribution in [3.05, 3.63) is 29.4 Å². The van der Waals surface area contributed by atoms with Crippen LogP contribution in [0.15, 0.2) is 24.4 Å². The molecule has 1 aromatic carbocycles. The molecule has 4 nitrogen and oxygen atoms in total. The highest BCUT2D eigenvalue weighted by Crippen LogP contribution is 2.32. The Morgan fingerprint density at radius 3 is 2.76 bits per heavy atom. The number of rotatable bonds is 3. The number of ether oxygens (including phenoxy) is 1. The molecule has 0 atom stereocenters. The molecule has 0 fully saturated rings. The molecule has 5 heteroatoms. The lowest BCUT2D eigenvalue weighted by atomic mass is 10.1. The van der Waals surface area contributed by atoms with Crippen molar-refractivity contribution in [2.75, 3.05) is 12.3 Å². The minimum Gasteiger partial charge on any atom is -0.492 e. The summed E-state index contributed by atoms with van der Waals surface area (Å²) in [5, 5.41) is 4.67. The van der Waals surface area contributed by atoms with Gasteiger partial charge in [0.1, 0.15) is 5.75 Å². The Morgan fingerprint density at radius 1 is 1.47 bits per heavy atom. The topological polar surface area (TPSA) is 53.1 Å². The molecule has 0 saturated heterocycles. The average molecular weight is 252 g/mol. The second kappa shape index (κ2) is 4.67. The van der Waals surface area contributed by atoms with Crippen molar-refractivity contribution in [3.8, 4) is 16.9 Å². The van der Waals surface area contributed by atoms with Crippen LogP contribution >= 0.6 is 11.6 Å². The van der Waals surface area contributed by atoms with Crippen LogP contribution in [-0.2, 0) is 7.05 Å². The number of halogens is 1. The lowest BCUT2D eigenvalue weighted by molar-refractivity contribution is 0.340. The van der Waals surface area contributed by atoms with E-state index in [0.29, 0.717) is 23.2 Å². The van der Waals surface area contributed by atoms with Crippen LogP contribution in [0.1, 0.15) is 6.92 Å². The van der Waals surface area contributed by atoms with Gasteiger partial charge in [0.05, 0.1) is 11.6 Å². The van der Waals surface area contributed by atoms with Gasteiger partial charge in [0.15, 0.2) is 5.82 Å². The van der Waals surface area contributed by atoms with Crippen molar-refractivity contribution in [3.63, 3.8) is 0 Å². The first kappa shape index (κ1) is 11.8. The van der Waals surface area contributed by atoms with E-state index in [1.54, 1.807) is 4.68 Å². The molecule has 2 aromatic rings. The summed E-state index contributed by atoms with van der Waals surface area (Å²) in [6, 6.07) is 5.60. The molecule has 0 aliphatic carbocycles. The van der Waals surface area contributed by atoms with Crippen LogP contribution in [-0.4, -0.2) is 16.4 Å². The van der Waals surface area contributed by atoms with Gasteiger partial charge in [-0.05, 0) is 24.6 Å². The maximum atomic E-state index is 6.12. The number of hydrogen-bond acceptors (Lipinski definition) is 3. The normalized spacial score (nSPS) is 10.5. The number of aryl methyl sites for hydroxylation is 1. The summed E-state index contributed by atoms with van der Waals surface area (Å²) in [5.74, 6) is 1.17. The molecule has 2 rings (SSSR count). The number of nitrogens with zero attached hydrogens (tertiary/aromatic N) is 2. The van der Waals surface area contributed by atoms with Crippen LogP contribution in [0.2, 0.25) is 5.02 Å². The van der Waals surface area contributed by atoms with Crippen LogP contribution in [0.4, 0.5) is 5.82 Å². The molecule has 0 saturated carbocycles. The van der Waals surface area contributed by atoms with Crippen molar-refractivity contribution >= 4 is 17.4 Å². The van der Waals surface area contributed by atoms with E-state index in [-0.39, 0.29) is 0 Å². The zero-order valence-corrected chi connectivity index (χ0v) is 10.5. The van der Waals surface area contributed by atoms with Crippen LogP contribution in [0.3, 0.4) is 0 Å². The Labute approximate surface area is 105 Å². The molecule has 1 aromatic heterocycles. The predicted molar refractivity (Wildman–Crippen MR) is 69.2 cm³/mol. The summed E-state index contributed by atoms with van der Waals surface area (Å²) >= 11 is 6.12. The number of nitrogen functional groups attached to an aromatic ring is 1. The van der Waals surface area contributed by atoms with Crippen molar-refractivity contribution in [1.82, 2.24) is 9.78 Å². The van der Waals surface area contributed by atoms with Gasteiger partial charge in [-0.3, -0.25) is 4.68 Å². The van der Waals surface area contributed by atoms with Gasteiger partial charge in [-0.2, -0.15) is 5.10 Å². The van der Waals surface area contributed by atoms with E-state index >= 15 is 0 Å². The van der Waals surface area contributed by atoms with Gasteiger partial charge >= 0.3 is 0 Å². The fourth-order valence-electron chi connectivity index (χ4n) is 1.67. The molecular weight excluding hydrogens is 238 g/mol. The molecule has 0 aliphatic heterocycles. The SMILES string of the molecule is CCOc1ccc(-c2cn(C)nc2N)cc1Cl. The Balaban J connectivity index is 2.41. The maximum Gasteiger partial charge on any atom is 0.153 e. The first-order valence-electron chi connectivity index (χ1n) is 5.33. The van der Waals surface area contributed by atoms with Crippen LogP contribution in [0.25, 0.3) is 11.1 Å². The highest BCUT2D eigenvalue weighted by atomic mass is 35.5. The zero-order chi connectivity index (χ0) is 12.4. The molecular formula is C12H14ClN3O. The van der Waals surface area contributed by atoms with Crippen LogP contribution in [0.5, 0.6) is 5.75 Å². The van der Waals surface area contributed by atoms with Gasteiger partial charge in [-0.15, -0.1) is 0 Å². The summed E-state index contributed by atoms with van der Waals surface area (Å²) in [6.45, 7) is 2.51. The van der Waals surface area contributed by atoms with Crippen molar-refractivity contribution in [1.29, 1.82) is 0 Å². The second-order valence-electron chi connectivity index (χ2n) is 3.68. The monoisotopic (exact) mass is 251 g/mol. The lowest BCUT2D eigenvalue weighted by Crippen LogP contribution is -1.93. The Kier molecular flexibility index (Phi) is 3.24. The quantitative estimate of drug-likeness (QED) is 0.913. The maximum absolute atomic E-state index is 6.12. The van der Waals surface area contributed by atoms with E-state index in [9.17, 15) is 0 Å². The van der Waals surface area contributed by atoms with Gasteiger partial charge in [-0.1, -0.05) is 17.7 Å². The number of hydrogen-bond donors (Lipinski definition) is 1. The minimum absolute atomic E-state index is 0.493. The molecule has 0 aliphatic rings. The standard InChI is InChI=1S/C12H14ClN3O/c1-3-17-11-5-4-8(6-10(11)13)9-7-16(2)15-12(9)14/h4-7H,3H2,1-2H3,(H2,14,15). The molecule has 0 spiro atoms. The predicted octanol–water partition coefficient (Wildman–Crippen LogP) is 2.72. The fraction of sp³-hybridized carbons (Fsp3) is 0.250. The first-order valence-corrected chi connectivity index (χ1v) is 5.71. The Hall–Kier alpha value is -1.68. The minimum atomic E-state index is 0.493. The summed E-state index contributed by atoms with van der Waals surface area (Å²) in [7, 11) is 1.83. The van der Waals surface area contributed by atoms with Crippen molar-refractivity contribution < 1.29 is 4.74 Å². The lowest BCUT2D eigenvalue weighted by Gasteiger charge is -2.07. The summed E-state index contributed by atoms with van der Waals surface area (Å²) in [6.07, 6.45) is 1.86. The van der Waals surface area contributed by atoms with Gasteiger partial charge in [0, 0.05) is 18.8 Å². The molecule has 2 N–H and O–H groups in total. The third-order valence-electron chi connectivity index (χ3n) is 2.40. The van der Waals surface area contributed by atoms with Crippen LogP contribution < -0.4 is 10.5 Å².